The van der Waals surface area contributed by atoms with Gasteiger partial charge >= 0.3 is 0 Å². The van der Waals surface area contributed by atoms with E-state index in [-0.39, 0.29) is 10.8 Å². The Bertz CT molecular complexity index is 517. The van der Waals surface area contributed by atoms with Crippen LogP contribution in [0.25, 0.3) is 0 Å². The highest BCUT2D eigenvalue weighted by atomic mass is 14.9. The average molecular weight is 210 g/mol. The molecule has 0 saturated heterocycles. The Kier molecular flexibility index (Phi) is 1.73. The maximum atomic E-state index is 4.47. The Morgan fingerprint density at radius 3 is 2.81 bits per heavy atom. The van der Waals surface area contributed by atoms with Crippen molar-refractivity contribution in [2.75, 3.05) is 0 Å². The maximum absolute atomic E-state index is 4.47. The van der Waals surface area contributed by atoms with Gasteiger partial charge in [-0.3, -0.25) is 0 Å². The van der Waals surface area contributed by atoms with Gasteiger partial charge in [-0.05, 0) is 18.6 Å². The first-order chi connectivity index (χ1) is 7.67. The molecule has 16 heavy (non-hydrogen) atoms. The van der Waals surface area contributed by atoms with Crippen molar-refractivity contribution in [2.45, 2.75) is 13.8 Å². The zero-order valence-electron chi connectivity index (χ0n) is 9.51. The molecular weight excluding hydrogens is 196 g/mol. The SMILES string of the molecule is CC12C=CC=CC3=NC=NC=C(C=C1)C32C. The number of hydrogen-bond acceptors (Lipinski definition) is 2. The minimum atomic E-state index is -0.0903. The normalized spacial score (nSPS) is 38.9. The monoisotopic (exact) mass is 210 g/mol. The zero-order chi connectivity index (χ0) is 11.2. The molecule has 0 aromatic heterocycles. The van der Waals surface area contributed by atoms with E-state index in [9.17, 15) is 0 Å². The maximum Gasteiger partial charge on any atom is 0.115 e. The molecule has 3 aliphatic rings. The van der Waals surface area contributed by atoms with Crippen LogP contribution in [0.3, 0.4) is 0 Å². The Labute approximate surface area is 95.5 Å². The van der Waals surface area contributed by atoms with Gasteiger partial charge in [0.25, 0.3) is 0 Å². The predicted molar refractivity (Wildman–Crippen MR) is 67.6 cm³/mol. The lowest BCUT2D eigenvalue weighted by molar-refractivity contribution is 0.352. The number of rotatable bonds is 0. The van der Waals surface area contributed by atoms with Gasteiger partial charge < -0.3 is 0 Å². The summed E-state index contributed by atoms with van der Waals surface area (Å²) in [7, 11) is 0. The van der Waals surface area contributed by atoms with Gasteiger partial charge in [-0.15, -0.1) is 0 Å². The van der Waals surface area contributed by atoms with Crippen molar-refractivity contribution >= 4 is 12.1 Å². The minimum Gasteiger partial charge on any atom is -0.245 e. The Balaban J connectivity index is 2.33. The molecule has 1 aliphatic heterocycles. The van der Waals surface area contributed by atoms with Crippen LogP contribution in [0.1, 0.15) is 13.8 Å². The zero-order valence-corrected chi connectivity index (χ0v) is 9.51. The molecule has 3 rings (SSSR count). The highest BCUT2D eigenvalue weighted by Crippen LogP contribution is 2.54. The molecule has 2 aliphatic carbocycles. The summed E-state index contributed by atoms with van der Waals surface area (Å²) in [5, 5.41) is 0. The molecule has 0 saturated carbocycles. The summed E-state index contributed by atoms with van der Waals surface area (Å²) in [5.41, 5.74) is 2.22. The van der Waals surface area contributed by atoms with E-state index < -0.39 is 0 Å². The van der Waals surface area contributed by atoms with Crippen LogP contribution in [-0.2, 0) is 0 Å². The first-order valence-electron chi connectivity index (χ1n) is 5.52. The lowest BCUT2D eigenvalue weighted by Gasteiger charge is -2.38. The summed E-state index contributed by atoms with van der Waals surface area (Å²) in [6, 6.07) is 0. The molecule has 0 aromatic rings. The van der Waals surface area contributed by atoms with E-state index in [1.165, 1.54) is 5.57 Å². The number of aliphatic imine (C=N–C) groups is 2. The Morgan fingerprint density at radius 2 is 1.94 bits per heavy atom. The van der Waals surface area contributed by atoms with E-state index in [1.54, 1.807) is 6.34 Å². The molecule has 80 valence electrons. The molecule has 2 atom stereocenters. The molecule has 2 unspecified atom stereocenters. The summed E-state index contributed by atoms with van der Waals surface area (Å²) in [6.45, 7) is 4.49. The summed E-state index contributed by atoms with van der Waals surface area (Å²) >= 11 is 0. The second-order valence-corrected chi connectivity index (χ2v) is 4.82. The molecule has 0 aromatic carbocycles. The lowest BCUT2D eigenvalue weighted by atomic mass is 9.63. The van der Waals surface area contributed by atoms with E-state index in [1.807, 2.05) is 6.20 Å². The summed E-state index contributed by atoms with van der Waals surface area (Å²) < 4.78 is 0. The van der Waals surface area contributed by atoms with Gasteiger partial charge in [-0.2, -0.15) is 0 Å². The quantitative estimate of drug-likeness (QED) is 0.587. The van der Waals surface area contributed by atoms with Crippen LogP contribution in [0.15, 0.2) is 58.2 Å². The topological polar surface area (TPSA) is 24.7 Å². The fraction of sp³-hybridized carbons (Fsp3) is 0.286. The highest BCUT2D eigenvalue weighted by molar-refractivity contribution is 6.07. The fourth-order valence-electron chi connectivity index (χ4n) is 2.68. The van der Waals surface area contributed by atoms with Crippen molar-refractivity contribution in [3.8, 4) is 0 Å². The van der Waals surface area contributed by atoms with E-state index >= 15 is 0 Å². The van der Waals surface area contributed by atoms with E-state index in [0.717, 1.165) is 5.71 Å². The van der Waals surface area contributed by atoms with Gasteiger partial charge in [0.15, 0.2) is 0 Å². The molecule has 2 heteroatoms. The third-order valence-corrected chi connectivity index (χ3v) is 4.06. The molecule has 0 spiro atoms. The third kappa shape index (κ3) is 0.967. The van der Waals surface area contributed by atoms with Gasteiger partial charge in [-0.25, -0.2) is 9.98 Å². The van der Waals surface area contributed by atoms with E-state index in [0.29, 0.717) is 0 Å². The molecule has 0 N–H and O–H groups in total. The summed E-state index contributed by atoms with van der Waals surface area (Å²) in [6.07, 6.45) is 16.5. The van der Waals surface area contributed by atoms with Crippen molar-refractivity contribution < 1.29 is 0 Å². The molecule has 0 bridgehead atoms. The van der Waals surface area contributed by atoms with Crippen molar-refractivity contribution in [3.05, 3.63) is 48.2 Å². The second kappa shape index (κ2) is 2.91. The van der Waals surface area contributed by atoms with Crippen molar-refractivity contribution in [2.24, 2.45) is 20.8 Å². The Hall–Kier alpha value is -1.70. The second-order valence-electron chi connectivity index (χ2n) is 4.82. The van der Waals surface area contributed by atoms with Crippen LogP contribution in [-0.4, -0.2) is 12.1 Å². The van der Waals surface area contributed by atoms with Crippen molar-refractivity contribution in [1.29, 1.82) is 0 Å². The smallest absolute Gasteiger partial charge is 0.115 e. The molecule has 0 radical (unpaired) electrons. The first kappa shape index (κ1) is 9.52. The van der Waals surface area contributed by atoms with Gasteiger partial charge in [0.1, 0.15) is 6.34 Å². The lowest BCUT2D eigenvalue weighted by Crippen LogP contribution is -2.38. The van der Waals surface area contributed by atoms with Crippen LogP contribution in [0.4, 0.5) is 0 Å². The highest BCUT2D eigenvalue weighted by Gasteiger charge is 2.50. The third-order valence-electron chi connectivity index (χ3n) is 4.06. The number of nitrogens with zero attached hydrogens (tertiary/aromatic N) is 2. The van der Waals surface area contributed by atoms with Gasteiger partial charge in [0, 0.05) is 17.0 Å². The van der Waals surface area contributed by atoms with Crippen LogP contribution in [0.5, 0.6) is 0 Å². The molecular formula is C14H14N2. The van der Waals surface area contributed by atoms with Crippen molar-refractivity contribution in [1.82, 2.24) is 0 Å². The molecule has 0 fully saturated rings. The Morgan fingerprint density at radius 1 is 1.06 bits per heavy atom. The number of hydrogen-bond donors (Lipinski definition) is 0. The van der Waals surface area contributed by atoms with Crippen LogP contribution in [0.2, 0.25) is 0 Å². The van der Waals surface area contributed by atoms with E-state index in [2.05, 4.69) is 60.3 Å². The summed E-state index contributed by atoms with van der Waals surface area (Å²) in [5.74, 6) is 0. The van der Waals surface area contributed by atoms with Crippen LogP contribution >= 0.6 is 0 Å². The predicted octanol–water partition coefficient (Wildman–Crippen LogP) is 3.06. The molecule has 0 amide bonds. The van der Waals surface area contributed by atoms with Crippen molar-refractivity contribution in [3.63, 3.8) is 0 Å². The summed E-state index contributed by atoms with van der Waals surface area (Å²) in [4.78, 5) is 8.67. The molecule has 2 nitrogen and oxygen atoms in total. The van der Waals surface area contributed by atoms with Gasteiger partial charge in [0.2, 0.25) is 0 Å². The minimum absolute atomic E-state index is 0.00509. The fourth-order valence-corrected chi connectivity index (χ4v) is 2.68. The van der Waals surface area contributed by atoms with Gasteiger partial charge in [0.05, 0.1) is 5.71 Å². The molecule has 1 heterocycles. The van der Waals surface area contributed by atoms with Gasteiger partial charge in [-0.1, -0.05) is 37.3 Å². The van der Waals surface area contributed by atoms with Crippen LogP contribution < -0.4 is 0 Å². The van der Waals surface area contributed by atoms with Crippen LogP contribution in [0, 0.1) is 10.8 Å². The largest absolute Gasteiger partial charge is 0.245 e. The standard InChI is InChI=1S/C14H14N2/c1-13-7-4-3-5-12-14(13,2)11(6-8-13)9-15-10-16-12/h3-10H,1-2H3. The number of allylic oxidation sites excluding steroid dienone is 7. The first-order valence-corrected chi connectivity index (χ1v) is 5.52. The average Bonchev–Trinajstić information content (AvgIpc) is 2.40. The van der Waals surface area contributed by atoms with E-state index in [4.69, 9.17) is 0 Å².